The number of methoxy groups -OCH3 is 2. The van der Waals surface area contributed by atoms with Crippen molar-refractivity contribution in [3.8, 4) is 23.1 Å². The molecule has 178 valence electrons. The zero-order chi connectivity index (χ0) is 23.5. The highest BCUT2D eigenvalue weighted by Gasteiger charge is 2.22. The zero-order valence-electron chi connectivity index (χ0n) is 19.3. The van der Waals surface area contributed by atoms with Crippen molar-refractivity contribution in [2.24, 2.45) is 0 Å². The summed E-state index contributed by atoms with van der Waals surface area (Å²) in [5.41, 5.74) is 4.21. The third kappa shape index (κ3) is 4.29. The van der Waals surface area contributed by atoms with Crippen molar-refractivity contribution in [3.05, 3.63) is 53.4 Å². The van der Waals surface area contributed by atoms with E-state index in [2.05, 4.69) is 32.4 Å². The Morgan fingerprint density at radius 2 is 2.00 bits per heavy atom. The van der Waals surface area contributed by atoms with E-state index in [0.717, 1.165) is 42.2 Å². The molecule has 3 aromatic heterocycles. The molecule has 10 nitrogen and oxygen atoms in total. The molecule has 0 fully saturated rings. The lowest BCUT2D eigenvalue weighted by Gasteiger charge is -2.29. The minimum atomic E-state index is 0.107. The van der Waals surface area contributed by atoms with E-state index >= 15 is 0 Å². The van der Waals surface area contributed by atoms with Crippen molar-refractivity contribution in [1.29, 1.82) is 0 Å². The van der Waals surface area contributed by atoms with Gasteiger partial charge in [0.15, 0.2) is 22.9 Å². The molecular formula is C24H28N6O4. The van der Waals surface area contributed by atoms with Gasteiger partial charge in [-0.2, -0.15) is 4.52 Å². The molecule has 0 unspecified atom stereocenters. The fourth-order valence-electron chi connectivity index (χ4n) is 4.26. The molecule has 0 atom stereocenters. The largest absolute Gasteiger partial charge is 0.493 e. The summed E-state index contributed by atoms with van der Waals surface area (Å²) >= 11 is 0. The summed E-state index contributed by atoms with van der Waals surface area (Å²) in [6, 6.07) is 7.79. The Labute approximate surface area is 197 Å². The molecule has 1 aromatic carbocycles. The van der Waals surface area contributed by atoms with E-state index in [-0.39, 0.29) is 6.61 Å². The number of furan rings is 1. The highest BCUT2D eigenvalue weighted by Crippen LogP contribution is 2.33. The summed E-state index contributed by atoms with van der Waals surface area (Å²) in [5, 5.41) is 17.0. The van der Waals surface area contributed by atoms with E-state index in [1.54, 1.807) is 25.0 Å². The van der Waals surface area contributed by atoms with Gasteiger partial charge in [-0.05, 0) is 48.2 Å². The van der Waals surface area contributed by atoms with Gasteiger partial charge in [-0.15, -0.1) is 5.10 Å². The minimum Gasteiger partial charge on any atom is -0.493 e. The number of ether oxygens (including phenoxy) is 2. The van der Waals surface area contributed by atoms with E-state index in [1.165, 1.54) is 11.1 Å². The summed E-state index contributed by atoms with van der Waals surface area (Å²) in [6.45, 7) is 3.07. The molecular weight excluding hydrogens is 436 g/mol. The Morgan fingerprint density at radius 3 is 2.74 bits per heavy atom. The monoisotopic (exact) mass is 464 g/mol. The number of aromatic nitrogens is 4. The van der Waals surface area contributed by atoms with Crippen molar-refractivity contribution < 1.29 is 19.0 Å². The predicted molar refractivity (Wildman–Crippen MR) is 126 cm³/mol. The number of hydrogen-bond acceptors (Lipinski definition) is 9. The summed E-state index contributed by atoms with van der Waals surface area (Å²) in [4.78, 5) is 11.7. The molecule has 34 heavy (non-hydrogen) atoms. The fraction of sp³-hybridized carbons (Fsp3) is 0.375. The molecule has 4 aromatic rings. The van der Waals surface area contributed by atoms with Crippen LogP contribution in [0.3, 0.4) is 0 Å². The van der Waals surface area contributed by atoms with Crippen LogP contribution in [0.5, 0.6) is 11.5 Å². The standard InChI is InChI=1S/C24H28N6O4/c1-32-20-11-16-6-8-29(14-17(16)12-21(20)33-2)15-18-13-26-24(25-7-4-9-31)30-23(18)27-22(28-30)19-5-3-10-34-19/h3,5,10-13,31H,4,6-9,14-15H2,1-2H3,(H,25,26). The van der Waals surface area contributed by atoms with Crippen LogP contribution in [-0.2, 0) is 19.5 Å². The van der Waals surface area contributed by atoms with Gasteiger partial charge in [0, 0.05) is 44.5 Å². The molecule has 0 bridgehead atoms. The van der Waals surface area contributed by atoms with Gasteiger partial charge in [-0.1, -0.05) is 0 Å². The van der Waals surface area contributed by atoms with Crippen molar-refractivity contribution in [2.75, 3.05) is 39.2 Å². The first kappa shape index (κ1) is 22.2. The Hall–Kier alpha value is -3.63. The number of rotatable bonds is 9. The molecule has 0 amide bonds. The second-order valence-corrected chi connectivity index (χ2v) is 8.20. The van der Waals surface area contributed by atoms with Crippen LogP contribution in [0.1, 0.15) is 23.1 Å². The summed E-state index contributed by atoms with van der Waals surface area (Å²) in [7, 11) is 3.32. The van der Waals surface area contributed by atoms with Crippen LogP contribution in [0.25, 0.3) is 17.2 Å². The highest BCUT2D eigenvalue weighted by atomic mass is 16.5. The molecule has 0 aliphatic carbocycles. The molecule has 0 radical (unpaired) electrons. The number of aliphatic hydroxyl groups excluding tert-OH is 1. The first-order chi connectivity index (χ1) is 16.7. The second kappa shape index (κ2) is 9.70. The maximum atomic E-state index is 9.12. The maximum Gasteiger partial charge on any atom is 0.225 e. The Balaban J connectivity index is 1.44. The Bertz CT molecular complexity index is 1270. The van der Waals surface area contributed by atoms with Gasteiger partial charge in [-0.3, -0.25) is 4.90 Å². The lowest BCUT2D eigenvalue weighted by Crippen LogP contribution is -2.30. The van der Waals surface area contributed by atoms with Crippen LogP contribution in [0, 0.1) is 0 Å². The van der Waals surface area contributed by atoms with Crippen LogP contribution < -0.4 is 14.8 Å². The number of hydrogen-bond donors (Lipinski definition) is 2. The number of fused-ring (bicyclic) bond motifs is 2. The normalized spacial score (nSPS) is 13.7. The van der Waals surface area contributed by atoms with E-state index in [9.17, 15) is 0 Å². The average molecular weight is 465 g/mol. The van der Waals surface area contributed by atoms with Gasteiger partial charge in [0.05, 0.1) is 20.5 Å². The van der Waals surface area contributed by atoms with Gasteiger partial charge in [0.1, 0.15) is 0 Å². The molecule has 10 heteroatoms. The van der Waals surface area contributed by atoms with Crippen molar-refractivity contribution >= 4 is 11.6 Å². The van der Waals surface area contributed by atoms with E-state index in [4.69, 9.17) is 24.0 Å². The van der Waals surface area contributed by atoms with Crippen LogP contribution in [0.15, 0.2) is 41.1 Å². The second-order valence-electron chi connectivity index (χ2n) is 8.20. The molecule has 2 N–H and O–H groups in total. The highest BCUT2D eigenvalue weighted by molar-refractivity contribution is 5.58. The number of benzene rings is 1. The van der Waals surface area contributed by atoms with Crippen LogP contribution in [-0.4, -0.2) is 63.5 Å². The Morgan fingerprint density at radius 1 is 1.18 bits per heavy atom. The van der Waals surface area contributed by atoms with Crippen molar-refractivity contribution in [3.63, 3.8) is 0 Å². The predicted octanol–water partition coefficient (Wildman–Crippen LogP) is 2.75. The van der Waals surface area contributed by atoms with Gasteiger partial charge < -0.3 is 24.3 Å². The lowest BCUT2D eigenvalue weighted by molar-refractivity contribution is 0.244. The lowest BCUT2D eigenvalue weighted by atomic mass is 9.98. The van der Waals surface area contributed by atoms with Gasteiger partial charge in [-0.25, -0.2) is 9.97 Å². The van der Waals surface area contributed by atoms with Crippen molar-refractivity contribution in [2.45, 2.75) is 25.9 Å². The van der Waals surface area contributed by atoms with Gasteiger partial charge in [0.25, 0.3) is 0 Å². The van der Waals surface area contributed by atoms with Crippen LogP contribution in [0.2, 0.25) is 0 Å². The smallest absolute Gasteiger partial charge is 0.225 e. The summed E-state index contributed by atoms with van der Waals surface area (Å²) < 4.78 is 18.2. The van der Waals surface area contributed by atoms with Crippen LogP contribution in [0.4, 0.5) is 5.95 Å². The Kier molecular flexibility index (Phi) is 6.33. The zero-order valence-corrected chi connectivity index (χ0v) is 19.3. The number of nitrogens with zero attached hydrogens (tertiary/aromatic N) is 5. The molecule has 5 rings (SSSR count). The van der Waals surface area contributed by atoms with Crippen LogP contribution >= 0.6 is 0 Å². The molecule has 0 spiro atoms. The molecule has 1 aliphatic heterocycles. The number of nitrogens with one attached hydrogen (secondary N) is 1. The molecule has 0 saturated carbocycles. The average Bonchev–Trinajstić information content (AvgIpc) is 3.55. The third-order valence-corrected chi connectivity index (χ3v) is 5.99. The molecule has 1 aliphatic rings. The minimum absolute atomic E-state index is 0.107. The van der Waals surface area contributed by atoms with E-state index in [0.29, 0.717) is 37.0 Å². The maximum absolute atomic E-state index is 9.12. The summed E-state index contributed by atoms with van der Waals surface area (Å²) in [6.07, 6.45) is 4.99. The van der Waals surface area contributed by atoms with Gasteiger partial charge >= 0.3 is 0 Å². The first-order valence-corrected chi connectivity index (χ1v) is 11.3. The van der Waals surface area contributed by atoms with Gasteiger partial charge in [0.2, 0.25) is 11.8 Å². The first-order valence-electron chi connectivity index (χ1n) is 11.3. The quantitative estimate of drug-likeness (QED) is 0.361. The van der Waals surface area contributed by atoms with E-state index in [1.807, 2.05) is 18.3 Å². The molecule has 0 saturated heterocycles. The summed E-state index contributed by atoms with van der Waals surface area (Å²) in [5.74, 6) is 3.19. The van der Waals surface area contributed by atoms with E-state index < -0.39 is 0 Å². The number of aliphatic hydroxyl groups is 1. The molecule has 4 heterocycles. The number of anilines is 1. The topological polar surface area (TPSA) is 110 Å². The third-order valence-electron chi connectivity index (χ3n) is 5.99. The fourth-order valence-corrected chi connectivity index (χ4v) is 4.26. The van der Waals surface area contributed by atoms with Crippen molar-refractivity contribution in [1.82, 2.24) is 24.5 Å². The SMILES string of the molecule is COc1cc2c(cc1OC)CN(Cc1cnc(NCCCO)n3nc(-c4ccco4)nc13)CC2.